The van der Waals surface area contributed by atoms with Gasteiger partial charge in [-0.15, -0.1) is 0 Å². The molecule has 0 radical (unpaired) electrons. The Morgan fingerprint density at radius 2 is 1.72 bits per heavy atom. The third kappa shape index (κ3) is 6.70. The van der Waals surface area contributed by atoms with E-state index in [1.807, 2.05) is 0 Å². The molecular weight excluding hydrogens is 480 g/mol. The monoisotopic (exact) mass is 518 g/mol. The molecule has 0 aromatic carbocycles. The van der Waals surface area contributed by atoms with Gasteiger partial charge in [0.15, 0.2) is 10.8 Å². The molecule has 1 saturated heterocycles. The second-order valence-corrected chi connectivity index (χ2v) is 12.3. The van der Waals surface area contributed by atoms with Crippen molar-refractivity contribution in [2.75, 3.05) is 13.1 Å². The van der Waals surface area contributed by atoms with Gasteiger partial charge in [-0.25, -0.2) is 13.4 Å². The number of aromatic nitrogens is 1. The number of amides is 2. The fourth-order valence-electron chi connectivity index (χ4n) is 5.72. The molecule has 2 heterocycles. The lowest BCUT2D eigenvalue weighted by molar-refractivity contribution is -0.133. The predicted octanol–water partition coefficient (Wildman–Crippen LogP) is 2.57. The van der Waals surface area contributed by atoms with Crippen LogP contribution in [0.1, 0.15) is 77.0 Å². The standard InChI is InChI=1S/C26H38N4O5S/c31-23-18-30(36(34,35)24-14-6-7-15-27-24)16-8-13-21(23)28-26(33)22(17-19-9-2-1-3-10-19)29-25(32)20-11-4-5-12-20/h6-7,14-15,19-22H,1-5,8-13,16-18H2,(H,28,33)(H,29,32)/t21-,22?/m0/s1. The van der Waals surface area contributed by atoms with E-state index in [1.54, 1.807) is 12.1 Å². The van der Waals surface area contributed by atoms with Crippen LogP contribution in [0.15, 0.2) is 29.4 Å². The average Bonchev–Trinajstić information content (AvgIpc) is 3.36. The van der Waals surface area contributed by atoms with Gasteiger partial charge in [-0.3, -0.25) is 14.4 Å². The Hall–Kier alpha value is -2.33. The van der Waals surface area contributed by atoms with E-state index in [1.165, 1.54) is 18.7 Å². The molecule has 2 aliphatic carbocycles. The van der Waals surface area contributed by atoms with Gasteiger partial charge in [-0.1, -0.05) is 51.0 Å². The molecular formula is C26H38N4O5S. The Balaban J connectivity index is 1.41. The summed E-state index contributed by atoms with van der Waals surface area (Å²) in [5.74, 6) is -0.424. The number of hydrogen-bond donors (Lipinski definition) is 2. The maximum Gasteiger partial charge on any atom is 0.260 e. The van der Waals surface area contributed by atoms with Gasteiger partial charge in [0.2, 0.25) is 11.8 Å². The van der Waals surface area contributed by atoms with E-state index in [2.05, 4.69) is 15.6 Å². The van der Waals surface area contributed by atoms with Crippen molar-refractivity contribution in [1.29, 1.82) is 0 Å². The van der Waals surface area contributed by atoms with Crippen LogP contribution >= 0.6 is 0 Å². The molecule has 3 aliphatic rings. The van der Waals surface area contributed by atoms with Crippen LogP contribution in [0.3, 0.4) is 0 Å². The highest BCUT2D eigenvalue weighted by molar-refractivity contribution is 7.89. The highest BCUT2D eigenvalue weighted by Gasteiger charge is 2.36. The molecule has 1 aliphatic heterocycles. The van der Waals surface area contributed by atoms with Crippen LogP contribution in [-0.2, 0) is 24.4 Å². The maximum atomic E-state index is 13.4. The molecule has 2 N–H and O–H groups in total. The first-order chi connectivity index (χ1) is 17.3. The van der Waals surface area contributed by atoms with E-state index in [0.717, 1.165) is 55.7 Å². The normalized spacial score (nSPS) is 23.7. The molecule has 0 bridgehead atoms. The van der Waals surface area contributed by atoms with Crippen molar-refractivity contribution < 1.29 is 22.8 Å². The zero-order chi connectivity index (χ0) is 25.5. The molecule has 3 fully saturated rings. The molecule has 4 rings (SSSR count). The van der Waals surface area contributed by atoms with Crippen molar-refractivity contribution in [2.24, 2.45) is 11.8 Å². The minimum atomic E-state index is -3.90. The number of nitrogens with zero attached hydrogens (tertiary/aromatic N) is 2. The lowest BCUT2D eigenvalue weighted by atomic mass is 9.84. The van der Waals surface area contributed by atoms with Crippen molar-refractivity contribution >= 4 is 27.6 Å². The zero-order valence-electron chi connectivity index (χ0n) is 20.9. The van der Waals surface area contributed by atoms with Crippen molar-refractivity contribution in [2.45, 2.75) is 94.2 Å². The molecule has 2 saturated carbocycles. The first-order valence-electron chi connectivity index (χ1n) is 13.4. The smallest absolute Gasteiger partial charge is 0.260 e. The first kappa shape index (κ1) is 26.7. The average molecular weight is 519 g/mol. The molecule has 0 spiro atoms. The highest BCUT2D eigenvalue weighted by atomic mass is 32.2. The summed E-state index contributed by atoms with van der Waals surface area (Å²) in [5.41, 5.74) is 0. The molecule has 10 heteroatoms. The third-order valence-corrected chi connectivity index (χ3v) is 9.59. The molecule has 2 amide bonds. The van der Waals surface area contributed by atoms with Crippen molar-refractivity contribution in [3.05, 3.63) is 24.4 Å². The van der Waals surface area contributed by atoms with Gasteiger partial charge < -0.3 is 10.6 Å². The lowest BCUT2D eigenvalue weighted by Gasteiger charge is -2.28. The van der Waals surface area contributed by atoms with Gasteiger partial charge in [0.25, 0.3) is 10.0 Å². The maximum absolute atomic E-state index is 13.4. The summed E-state index contributed by atoms with van der Waals surface area (Å²) in [6.07, 6.45) is 12.1. The quantitative estimate of drug-likeness (QED) is 0.545. The van der Waals surface area contributed by atoms with E-state index in [9.17, 15) is 22.8 Å². The highest BCUT2D eigenvalue weighted by Crippen LogP contribution is 2.29. The van der Waals surface area contributed by atoms with Gasteiger partial charge in [0.05, 0.1) is 12.6 Å². The van der Waals surface area contributed by atoms with Crippen LogP contribution < -0.4 is 10.6 Å². The van der Waals surface area contributed by atoms with Crippen LogP contribution in [0.25, 0.3) is 0 Å². The van der Waals surface area contributed by atoms with E-state index in [4.69, 9.17) is 0 Å². The summed E-state index contributed by atoms with van der Waals surface area (Å²) in [4.78, 5) is 43.2. The van der Waals surface area contributed by atoms with E-state index in [0.29, 0.717) is 25.2 Å². The van der Waals surface area contributed by atoms with Crippen molar-refractivity contribution in [1.82, 2.24) is 19.9 Å². The fourth-order valence-corrected chi connectivity index (χ4v) is 7.10. The van der Waals surface area contributed by atoms with Gasteiger partial charge in [-0.2, -0.15) is 4.31 Å². The molecule has 9 nitrogen and oxygen atoms in total. The summed E-state index contributed by atoms with van der Waals surface area (Å²) in [7, 11) is -3.90. The number of sulfonamides is 1. The summed E-state index contributed by atoms with van der Waals surface area (Å²) in [6, 6.07) is 3.18. The number of nitrogens with one attached hydrogen (secondary N) is 2. The van der Waals surface area contributed by atoms with Gasteiger partial charge >= 0.3 is 0 Å². The van der Waals surface area contributed by atoms with Crippen LogP contribution in [0.4, 0.5) is 0 Å². The Labute approximate surface area is 213 Å². The largest absolute Gasteiger partial charge is 0.344 e. The SMILES string of the molecule is O=C(NC(CC1CCCCC1)C(=O)N[C@H]1CCCN(S(=O)(=O)c2ccccn2)CC1=O)C1CCCC1. The Kier molecular flexibility index (Phi) is 9.11. The number of carbonyl (C=O) groups excluding carboxylic acids is 3. The summed E-state index contributed by atoms with van der Waals surface area (Å²) < 4.78 is 27.1. The Morgan fingerprint density at radius 3 is 2.42 bits per heavy atom. The van der Waals surface area contributed by atoms with E-state index in [-0.39, 0.29) is 41.6 Å². The number of hydrogen-bond acceptors (Lipinski definition) is 6. The lowest BCUT2D eigenvalue weighted by Crippen LogP contribution is -2.53. The second-order valence-electron chi connectivity index (χ2n) is 10.5. The van der Waals surface area contributed by atoms with Gasteiger partial charge in [-0.05, 0) is 50.2 Å². The number of rotatable bonds is 8. The van der Waals surface area contributed by atoms with Crippen LogP contribution in [0, 0.1) is 11.8 Å². The van der Waals surface area contributed by atoms with E-state index < -0.39 is 22.1 Å². The molecule has 1 aromatic rings. The number of pyridine rings is 1. The Bertz CT molecular complexity index is 1020. The summed E-state index contributed by atoms with van der Waals surface area (Å²) in [5, 5.41) is 5.77. The predicted molar refractivity (Wildman–Crippen MR) is 134 cm³/mol. The minimum absolute atomic E-state index is 0.0449. The molecule has 198 valence electrons. The van der Waals surface area contributed by atoms with Gasteiger partial charge in [0.1, 0.15) is 6.04 Å². The second kappa shape index (κ2) is 12.3. The summed E-state index contributed by atoms with van der Waals surface area (Å²) in [6.45, 7) is -0.132. The first-order valence-corrected chi connectivity index (χ1v) is 14.8. The molecule has 2 atom stereocenters. The Morgan fingerprint density at radius 1 is 1.00 bits per heavy atom. The molecule has 1 aromatic heterocycles. The van der Waals surface area contributed by atoms with Crippen molar-refractivity contribution in [3.63, 3.8) is 0 Å². The number of Topliss-reactive ketones (excluding diaryl/α,β-unsaturated/α-hetero) is 1. The van der Waals surface area contributed by atoms with Crippen LogP contribution in [-0.4, -0.2) is 60.5 Å². The summed E-state index contributed by atoms with van der Waals surface area (Å²) >= 11 is 0. The van der Waals surface area contributed by atoms with Crippen LogP contribution in [0.5, 0.6) is 0 Å². The topological polar surface area (TPSA) is 126 Å². The molecule has 1 unspecified atom stereocenters. The van der Waals surface area contributed by atoms with Gasteiger partial charge in [0, 0.05) is 18.7 Å². The zero-order valence-corrected chi connectivity index (χ0v) is 21.7. The molecule has 36 heavy (non-hydrogen) atoms. The van der Waals surface area contributed by atoms with E-state index >= 15 is 0 Å². The third-order valence-electron chi connectivity index (χ3n) is 7.83. The van der Waals surface area contributed by atoms with Crippen LogP contribution in [0.2, 0.25) is 0 Å². The number of ketones is 1. The van der Waals surface area contributed by atoms with Crippen molar-refractivity contribution in [3.8, 4) is 0 Å². The number of carbonyl (C=O) groups is 3. The minimum Gasteiger partial charge on any atom is -0.344 e. The fraction of sp³-hybridized carbons (Fsp3) is 0.692.